The molecule has 3 heterocycles. The molecule has 0 fully saturated rings. The molecule has 2 aromatic heterocycles. The minimum Gasteiger partial charge on any atom is -0.469 e. The van der Waals surface area contributed by atoms with Gasteiger partial charge in [0, 0.05) is 38.6 Å². The number of hydrogen-bond donors (Lipinski definition) is 1. The summed E-state index contributed by atoms with van der Waals surface area (Å²) < 4.78 is 9.85. The van der Waals surface area contributed by atoms with E-state index in [4.69, 9.17) is 4.42 Å². The van der Waals surface area contributed by atoms with Gasteiger partial charge < -0.3 is 14.3 Å². The van der Waals surface area contributed by atoms with E-state index in [1.165, 1.54) is 126 Å². The number of rotatable bonds is 7. The third-order valence-corrected chi connectivity index (χ3v) is 16.5. The summed E-state index contributed by atoms with van der Waals surface area (Å²) >= 11 is 0. The molecular formula is C61H68BN2O. The third-order valence-electron chi connectivity index (χ3n) is 16.5. The first kappa shape index (κ1) is 42.4. The van der Waals surface area contributed by atoms with E-state index in [2.05, 4.69) is 191 Å². The first-order valence-electron chi connectivity index (χ1n) is 24.8. The van der Waals surface area contributed by atoms with Gasteiger partial charge >= 0.3 is 0 Å². The van der Waals surface area contributed by atoms with Gasteiger partial charge in [0.1, 0.15) is 5.58 Å². The molecule has 331 valence electrons. The summed E-state index contributed by atoms with van der Waals surface area (Å²) in [7, 11) is 2.42. The van der Waals surface area contributed by atoms with E-state index in [0.717, 1.165) is 41.9 Å². The van der Waals surface area contributed by atoms with Gasteiger partial charge in [-0.25, -0.2) is 0 Å². The lowest BCUT2D eigenvalue weighted by molar-refractivity contribution is 0.332. The zero-order valence-electron chi connectivity index (χ0n) is 41.2. The predicted octanol–water partition coefficient (Wildman–Crippen LogP) is 15.8. The molecule has 0 bridgehead atoms. The fourth-order valence-electron chi connectivity index (χ4n) is 12.2. The van der Waals surface area contributed by atoms with Crippen LogP contribution in [0, 0.1) is 0 Å². The van der Waals surface area contributed by atoms with E-state index < -0.39 is 0 Å². The second-order valence-electron chi connectivity index (χ2n) is 24.0. The van der Waals surface area contributed by atoms with Gasteiger partial charge in [-0.15, -0.1) is 0 Å². The van der Waals surface area contributed by atoms with Crippen molar-refractivity contribution in [2.45, 2.75) is 162 Å². The predicted molar refractivity (Wildman–Crippen MR) is 281 cm³/mol. The largest absolute Gasteiger partial charge is 0.469 e. The first-order valence-corrected chi connectivity index (χ1v) is 24.8. The van der Waals surface area contributed by atoms with E-state index in [1.54, 1.807) is 0 Å². The molecule has 4 heteroatoms. The van der Waals surface area contributed by atoms with E-state index in [9.17, 15) is 0 Å². The number of aryl methyl sites for hydroxylation is 1. The van der Waals surface area contributed by atoms with E-state index in [0.29, 0.717) is 0 Å². The average Bonchev–Trinajstić information content (AvgIpc) is 3.80. The molecule has 0 spiro atoms. The Bertz CT molecular complexity index is 3250. The Hall–Kier alpha value is -5.22. The first-order chi connectivity index (χ1) is 30.8. The average molecular weight is 856 g/mol. The monoisotopic (exact) mass is 856 g/mol. The minimum absolute atomic E-state index is 0.0383. The van der Waals surface area contributed by atoms with E-state index >= 15 is 0 Å². The highest BCUT2D eigenvalue weighted by atomic mass is 16.3. The summed E-state index contributed by atoms with van der Waals surface area (Å²) in [6, 6.07) is 35.6. The molecule has 1 radical (unpaired) electrons. The number of unbranched alkanes of at least 4 members (excludes halogenated alkanes) is 2. The van der Waals surface area contributed by atoms with Crippen molar-refractivity contribution in [3.05, 3.63) is 124 Å². The molecule has 65 heavy (non-hydrogen) atoms. The number of furan rings is 1. The van der Waals surface area contributed by atoms with Crippen LogP contribution in [0.5, 0.6) is 0 Å². The molecule has 11 rings (SSSR count). The van der Waals surface area contributed by atoms with Crippen molar-refractivity contribution in [1.82, 2.24) is 4.57 Å². The standard InChI is InChI=1S/C61H68BN2O/c1-13-14-15-18-36-21-24-38(25-22-36)63-48-34-45-43(58(5,6)27-29-60(45,9)10)31-40(48)41-32-47(57(2,3)4)52-51-39-20-17-16-19-37(39)23-26-49(51)64-54-42-33-44-46(61(11,12)30-28-59(44,7)8)35-50(42)65-56(54)62-53(41)55(52)64/h16-17,19-26,31-35,63H,13-15,18,27-30H2,1-12H3. The van der Waals surface area contributed by atoms with Crippen LogP contribution in [-0.4, -0.2) is 11.8 Å². The lowest BCUT2D eigenvalue weighted by Crippen LogP contribution is -2.37. The molecule has 8 aromatic rings. The Morgan fingerprint density at radius 3 is 1.94 bits per heavy atom. The van der Waals surface area contributed by atoms with Crippen LogP contribution < -0.4 is 16.4 Å². The van der Waals surface area contributed by atoms with Crippen molar-refractivity contribution in [2.75, 3.05) is 5.32 Å². The Morgan fingerprint density at radius 1 is 0.646 bits per heavy atom. The Kier molecular flexibility index (Phi) is 9.39. The topological polar surface area (TPSA) is 30.1 Å². The molecule has 1 N–H and O–H groups in total. The van der Waals surface area contributed by atoms with Crippen LogP contribution in [0.25, 0.3) is 60.4 Å². The number of nitrogens with one attached hydrogen (secondary N) is 1. The molecule has 0 unspecified atom stereocenters. The highest BCUT2D eigenvalue weighted by Crippen LogP contribution is 2.52. The van der Waals surface area contributed by atoms with Crippen LogP contribution >= 0.6 is 0 Å². The molecular weight excluding hydrogens is 787 g/mol. The smallest absolute Gasteiger partial charge is 0.247 e. The Morgan fingerprint density at radius 2 is 1.28 bits per heavy atom. The minimum atomic E-state index is -0.159. The number of aromatic nitrogens is 1. The summed E-state index contributed by atoms with van der Waals surface area (Å²) in [4.78, 5) is 0. The zero-order chi connectivity index (χ0) is 45.6. The Balaban J connectivity index is 1.25. The molecule has 2 aliphatic carbocycles. The SMILES string of the molecule is CCCCCc1ccc(Nc2cc3c(cc2-c2cc(C(C)(C)C)c4c5c6ccccc6ccc5n5c4c2[B]c2oc4cc6c(cc4c2-5)C(C)(C)CCC6(C)C)C(C)(C)CCC3(C)C)cc1. The van der Waals surface area contributed by atoms with Crippen LogP contribution in [0.1, 0.15) is 161 Å². The van der Waals surface area contributed by atoms with Gasteiger partial charge in [0.15, 0.2) is 0 Å². The maximum Gasteiger partial charge on any atom is 0.247 e. The summed E-state index contributed by atoms with van der Waals surface area (Å²) in [5, 5.41) is 10.5. The molecule has 6 aromatic carbocycles. The maximum atomic E-state index is 7.23. The van der Waals surface area contributed by atoms with Gasteiger partial charge in [-0.05, 0) is 163 Å². The van der Waals surface area contributed by atoms with Crippen molar-refractivity contribution < 1.29 is 4.42 Å². The van der Waals surface area contributed by atoms with E-state index in [1.807, 2.05) is 0 Å². The van der Waals surface area contributed by atoms with Crippen LogP contribution in [0.15, 0.2) is 95.4 Å². The lowest BCUT2D eigenvalue weighted by Gasteiger charge is -2.42. The molecule has 0 atom stereocenters. The Labute approximate surface area is 388 Å². The number of nitrogens with zero attached hydrogens (tertiary/aromatic N) is 1. The van der Waals surface area contributed by atoms with Gasteiger partial charge in [-0.3, -0.25) is 0 Å². The maximum absolute atomic E-state index is 7.23. The third kappa shape index (κ3) is 6.58. The van der Waals surface area contributed by atoms with Crippen LogP contribution in [0.3, 0.4) is 0 Å². The number of hydrogen-bond acceptors (Lipinski definition) is 2. The fraction of sp³-hybridized carbons (Fsp3) is 0.410. The summed E-state index contributed by atoms with van der Waals surface area (Å²) in [5.74, 6) is 0. The lowest BCUT2D eigenvalue weighted by atomic mass is 9.60. The molecule has 3 aliphatic rings. The van der Waals surface area contributed by atoms with Crippen molar-refractivity contribution in [2.24, 2.45) is 0 Å². The van der Waals surface area contributed by atoms with Gasteiger partial charge in [-0.1, -0.05) is 144 Å². The second kappa shape index (κ2) is 14.4. The molecule has 0 saturated carbocycles. The summed E-state index contributed by atoms with van der Waals surface area (Å²) in [6.07, 6.45) is 9.53. The van der Waals surface area contributed by atoms with Crippen molar-refractivity contribution in [3.8, 4) is 16.8 Å². The summed E-state index contributed by atoms with van der Waals surface area (Å²) in [6.45, 7) is 29.0. The van der Waals surface area contributed by atoms with Gasteiger partial charge in [0.05, 0.1) is 16.9 Å². The zero-order valence-corrected chi connectivity index (χ0v) is 41.2. The van der Waals surface area contributed by atoms with Crippen molar-refractivity contribution >= 4 is 73.3 Å². The van der Waals surface area contributed by atoms with Crippen LogP contribution in [-0.2, 0) is 33.5 Å². The molecule has 3 nitrogen and oxygen atoms in total. The van der Waals surface area contributed by atoms with Gasteiger partial charge in [-0.2, -0.15) is 0 Å². The van der Waals surface area contributed by atoms with Crippen molar-refractivity contribution in [3.63, 3.8) is 0 Å². The molecule has 1 aliphatic heterocycles. The normalized spacial score (nSPS) is 17.8. The van der Waals surface area contributed by atoms with Crippen LogP contribution in [0.4, 0.5) is 11.4 Å². The fourth-order valence-corrected chi connectivity index (χ4v) is 12.2. The van der Waals surface area contributed by atoms with Crippen molar-refractivity contribution in [1.29, 1.82) is 0 Å². The molecule has 0 amide bonds. The highest BCUT2D eigenvalue weighted by Gasteiger charge is 2.42. The second-order valence-corrected chi connectivity index (χ2v) is 24.0. The van der Waals surface area contributed by atoms with E-state index in [-0.39, 0.29) is 27.1 Å². The number of anilines is 2. The van der Waals surface area contributed by atoms with Gasteiger partial charge in [0.25, 0.3) is 0 Å². The number of fused-ring (bicyclic) bond motifs is 11. The van der Waals surface area contributed by atoms with Crippen LogP contribution in [0.2, 0.25) is 0 Å². The molecule has 0 saturated heterocycles. The number of benzene rings is 6. The highest BCUT2D eigenvalue weighted by molar-refractivity contribution is 6.73. The quantitative estimate of drug-likeness (QED) is 0.128. The summed E-state index contributed by atoms with van der Waals surface area (Å²) in [5.41, 5.74) is 20.3. The van der Waals surface area contributed by atoms with Gasteiger partial charge in [0.2, 0.25) is 7.28 Å².